The van der Waals surface area contributed by atoms with Crippen LogP contribution in [0.3, 0.4) is 0 Å². The summed E-state index contributed by atoms with van der Waals surface area (Å²) in [5, 5.41) is 9.62. The third-order valence-corrected chi connectivity index (χ3v) is 4.86. The van der Waals surface area contributed by atoms with Crippen molar-refractivity contribution in [1.82, 2.24) is 15.1 Å². The highest BCUT2D eigenvalue weighted by molar-refractivity contribution is 7.10. The van der Waals surface area contributed by atoms with Crippen LogP contribution < -0.4 is 5.32 Å². The maximum absolute atomic E-state index is 12.2. The Morgan fingerprint density at radius 3 is 3.11 bits per heavy atom. The highest BCUT2D eigenvalue weighted by Gasteiger charge is 2.30. The van der Waals surface area contributed by atoms with E-state index >= 15 is 0 Å². The molecule has 0 saturated heterocycles. The van der Waals surface area contributed by atoms with Gasteiger partial charge in [0.1, 0.15) is 0 Å². The minimum atomic E-state index is -0.00182. The average molecular weight is 273 g/mol. The van der Waals surface area contributed by atoms with E-state index < -0.39 is 0 Å². The molecule has 5 heteroatoms. The number of carbonyl (C=O) groups excluding carboxylic acids is 1. The molecule has 0 radical (unpaired) electrons. The Labute approximate surface area is 115 Å². The second kappa shape index (κ2) is 3.93. The molecule has 2 aliphatic rings. The minimum Gasteiger partial charge on any atom is -0.348 e. The zero-order valence-corrected chi connectivity index (χ0v) is 11.6. The highest BCUT2D eigenvalue weighted by atomic mass is 32.1. The number of aromatic nitrogens is 2. The zero-order valence-electron chi connectivity index (χ0n) is 10.8. The summed E-state index contributed by atoms with van der Waals surface area (Å²) in [4.78, 5) is 13.7. The predicted octanol–water partition coefficient (Wildman–Crippen LogP) is 2.14. The Kier molecular flexibility index (Phi) is 2.33. The van der Waals surface area contributed by atoms with Crippen molar-refractivity contribution in [2.75, 3.05) is 0 Å². The Balaban J connectivity index is 1.79. The van der Waals surface area contributed by atoms with E-state index in [1.807, 2.05) is 11.7 Å². The van der Waals surface area contributed by atoms with Crippen LogP contribution in [0.5, 0.6) is 0 Å². The molecule has 2 heterocycles. The van der Waals surface area contributed by atoms with Gasteiger partial charge in [-0.3, -0.25) is 9.48 Å². The van der Waals surface area contributed by atoms with Gasteiger partial charge in [-0.15, -0.1) is 11.3 Å². The summed E-state index contributed by atoms with van der Waals surface area (Å²) in [6.07, 6.45) is 4.16. The number of rotatable bonds is 2. The van der Waals surface area contributed by atoms with E-state index in [2.05, 4.69) is 21.9 Å². The van der Waals surface area contributed by atoms with Crippen LogP contribution in [0.4, 0.5) is 0 Å². The van der Waals surface area contributed by atoms with E-state index in [-0.39, 0.29) is 5.91 Å². The Morgan fingerprint density at radius 2 is 2.32 bits per heavy atom. The molecule has 2 aromatic rings. The topological polar surface area (TPSA) is 46.9 Å². The zero-order chi connectivity index (χ0) is 13.0. The molecule has 4 nitrogen and oxygen atoms in total. The Bertz CT molecular complexity index is 666. The third kappa shape index (κ3) is 1.72. The summed E-state index contributed by atoms with van der Waals surface area (Å²) in [5.74, 6) is -0.00182. The molecule has 1 fully saturated rings. The lowest BCUT2D eigenvalue weighted by Gasteiger charge is -2.13. The van der Waals surface area contributed by atoms with Crippen LogP contribution in [0.2, 0.25) is 0 Å². The van der Waals surface area contributed by atoms with Gasteiger partial charge in [0, 0.05) is 29.1 Å². The molecule has 1 saturated carbocycles. The maximum Gasteiger partial charge on any atom is 0.272 e. The van der Waals surface area contributed by atoms with Gasteiger partial charge in [0.2, 0.25) is 0 Å². The molecular formula is C14H15N3OS. The van der Waals surface area contributed by atoms with Gasteiger partial charge in [0.05, 0.1) is 5.69 Å². The molecule has 0 aromatic carbocycles. The number of aryl methyl sites for hydroxylation is 2. The van der Waals surface area contributed by atoms with Crippen LogP contribution in [-0.4, -0.2) is 21.7 Å². The van der Waals surface area contributed by atoms with Crippen molar-refractivity contribution in [1.29, 1.82) is 0 Å². The van der Waals surface area contributed by atoms with Gasteiger partial charge in [0.15, 0.2) is 5.69 Å². The number of hydrogen-bond donors (Lipinski definition) is 1. The number of nitrogens with one attached hydrogen (secondary N) is 1. The fourth-order valence-electron chi connectivity index (χ4n) is 2.79. The molecule has 1 N–H and O–H groups in total. The third-order valence-electron chi connectivity index (χ3n) is 3.88. The molecule has 1 amide bonds. The normalized spacial score (nSPS) is 16.9. The molecular weight excluding hydrogens is 258 g/mol. The van der Waals surface area contributed by atoms with Crippen LogP contribution in [0.25, 0.3) is 11.3 Å². The fourth-order valence-corrected chi connectivity index (χ4v) is 3.67. The maximum atomic E-state index is 12.2. The van der Waals surface area contributed by atoms with E-state index in [1.165, 1.54) is 10.4 Å². The predicted molar refractivity (Wildman–Crippen MR) is 74.4 cm³/mol. The number of hydrogen-bond acceptors (Lipinski definition) is 3. The summed E-state index contributed by atoms with van der Waals surface area (Å²) >= 11 is 1.79. The molecule has 2 aliphatic carbocycles. The SMILES string of the molecule is Cn1nc(C(=O)NC2CC2)c2c1-c1ccsc1CC2. The average Bonchev–Trinajstić information content (AvgIpc) is 2.97. The summed E-state index contributed by atoms with van der Waals surface area (Å²) in [6.45, 7) is 0. The highest BCUT2D eigenvalue weighted by Crippen LogP contribution is 2.37. The van der Waals surface area contributed by atoms with Gasteiger partial charge in [-0.25, -0.2) is 0 Å². The summed E-state index contributed by atoms with van der Waals surface area (Å²) in [6, 6.07) is 2.52. The van der Waals surface area contributed by atoms with Crippen molar-refractivity contribution in [3.8, 4) is 11.3 Å². The first-order chi connectivity index (χ1) is 9.24. The lowest BCUT2D eigenvalue weighted by Crippen LogP contribution is -2.27. The quantitative estimate of drug-likeness (QED) is 0.911. The van der Waals surface area contributed by atoms with E-state index in [0.29, 0.717) is 11.7 Å². The number of nitrogens with zero attached hydrogens (tertiary/aromatic N) is 2. The van der Waals surface area contributed by atoms with Crippen molar-refractivity contribution >= 4 is 17.2 Å². The molecule has 0 aliphatic heterocycles. The molecule has 4 rings (SSSR count). The fraction of sp³-hybridized carbons (Fsp3) is 0.429. The molecule has 0 unspecified atom stereocenters. The first-order valence-corrected chi connectivity index (χ1v) is 7.55. The van der Waals surface area contributed by atoms with Crippen molar-refractivity contribution in [2.45, 2.75) is 31.7 Å². The van der Waals surface area contributed by atoms with Gasteiger partial charge in [-0.1, -0.05) is 0 Å². The number of fused-ring (bicyclic) bond motifs is 3. The van der Waals surface area contributed by atoms with Gasteiger partial charge < -0.3 is 5.32 Å². The second-order valence-electron chi connectivity index (χ2n) is 5.30. The smallest absolute Gasteiger partial charge is 0.272 e. The molecule has 98 valence electrons. The lowest BCUT2D eigenvalue weighted by atomic mass is 9.94. The second-order valence-corrected chi connectivity index (χ2v) is 6.31. The van der Waals surface area contributed by atoms with Crippen molar-refractivity contribution in [3.05, 3.63) is 27.6 Å². The number of thiophene rings is 1. The van der Waals surface area contributed by atoms with E-state index in [9.17, 15) is 4.79 Å². The first-order valence-electron chi connectivity index (χ1n) is 6.67. The van der Waals surface area contributed by atoms with Crippen LogP contribution in [-0.2, 0) is 19.9 Å². The Morgan fingerprint density at radius 1 is 1.47 bits per heavy atom. The summed E-state index contributed by atoms with van der Waals surface area (Å²) < 4.78 is 1.86. The largest absolute Gasteiger partial charge is 0.348 e. The van der Waals surface area contributed by atoms with Crippen LogP contribution in [0, 0.1) is 0 Å². The molecule has 0 atom stereocenters. The van der Waals surface area contributed by atoms with Gasteiger partial charge in [-0.2, -0.15) is 5.10 Å². The van der Waals surface area contributed by atoms with Crippen molar-refractivity contribution in [2.24, 2.45) is 7.05 Å². The van der Waals surface area contributed by atoms with Crippen LogP contribution in [0.15, 0.2) is 11.4 Å². The van der Waals surface area contributed by atoms with Crippen LogP contribution >= 0.6 is 11.3 Å². The van der Waals surface area contributed by atoms with E-state index in [0.717, 1.165) is 36.9 Å². The molecule has 0 spiro atoms. The molecule has 19 heavy (non-hydrogen) atoms. The van der Waals surface area contributed by atoms with E-state index in [4.69, 9.17) is 0 Å². The minimum absolute atomic E-state index is 0.00182. The first kappa shape index (κ1) is 11.2. The number of carbonyl (C=O) groups is 1. The standard InChI is InChI=1S/C14H15N3OS/c1-17-13-9-6-7-19-11(9)5-4-10(13)12(16-17)14(18)15-8-2-3-8/h6-8H,2-5H2,1H3,(H,15,18). The van der Waals surface area contributed by atoms with Gasteiger partial charge >= 0.3 is 0 Å². The number of amides is 1. The Hall–Kier alpha value is -1.62. The van der Waals surface area contributed by atoms with Gasteiger partial charge in [-0.05, 0) is 37.1 Å². The lowest BCUT2D eigenvalue weighted by molar-refractivity contribution is 0.0944. The summed E-state index contributed by atoms with van der Waals surface area (Å²) in [5.41, 5.74) is 4.13. The molecule has 2 aromatic heterocycles. The monoisotopic (exact) mass is 273 g/mol. The summed E-state index contributed by atoms with van der Waals surface area (Å²) in [7, 11) is 1.93. The van der Waals surface area contributed by atoms with Crippen LogP contribution in [0.1, 0.15) is 33.8 Å². The van der Waals surface area contributed by atoms with Crippen molar-refractivity contribution < 1.29 is 4.79 Å². The molecule has 0 bridgehead atoms. The van der Waals surface area contributed by atoms with Gasteiger partial charge in [0.25, 0.3) is 5.91 Å². The van der Waals surface area contributed by atoms with Crippen molar-refractivity contribution in [3.63, 3.8) is 0 Å². The van der Waals surface area contributed by atoms with E-state index in [1.54, 1.807) is 11.3 Å².